The largest absolute Gasteiger partial charge is 0.494 e. The summed E-state index contributed by atoms with van der Waals surface area (Å²) in [7, 11) is 0. The summed E-state index contributed by atoms with van der Waals surface area (Å²) in [5.74, 6) is 0.918. The van der Waals surface area contributed by atoms with Crippen molar-refractivity contribution in [3.63, 3.8) is 0 Å². The van der Waals surface area contributed by atoms with Crippen LogP contribution in [0, 0.1) is 0 Å². The number of aromatic nitrogens is 3. The van der Waals surface area contributed by atoms with Crippen LogP contribution in [0.2, 0.25) is 0 Å². The van der Waals surface area contributed by atoms with E-state index in [1.54, 1.807) is 0 Å². The maximum Gasteiger partial charge on any atom is 0.119 e. The molecule has 3 aromatic rings. The average Bonchev–Trinajstić information content (AvgIpc) is 2.94. The summed E-state index contributed by atoms with van der Waals surface area (Å²) in [6, 6.07) is 16.4. The Bertz CT molecular complexity index is 769. The molecule has 0 aliphatic carbocycles. The van der Waals surface area contributed by atoms with E-state index in [4.69, 9.17) is 4.74 Å². The molecular formula is C19H23N3O. The minimum atomic E-state index is 0.173. The van der Waals surface area contributed by atoms with Gasteiger partial charge in [0.25, 0.3) is 0 Å². The van der Waals surface area contributed by atoms with Crippen molar-refractivity contribution in [1.29, 1.82) is 0 Å². The van der Waals surface area contributed by atoms with Crippen LogP contribution >= 0.6 is 0 Å². The molecular weight excluding hydrogens is 286 g/mol. The van der Waals surface area contributed by atoms with Gasteiger partial charge in [0.15, 0.2) is 0 Å². The molecule has 0 aliphatic heterocycles. The van der Waals surface area contributed by atoms with Crippen molar-refractivity contribution in [3.05, 3.63) is 54.1 Å². The molecule has 0 saturated carbocycles. The van der Waals surface area contributed by atoms with E-state index in [1.807, 2.05) is 41.1 Å². The molecule has 1 aromatic heterocycles. The summed E-state index contributed by atoms with van der Waals surface area (Å²) in [6.45, 7) is 8.12. The fraction of sp³-hybridized carbons (Fsp3) is 0.368. The van der Waals surface area contributed by atoms with E-state index in [2.05, 4.69) is 43.2 Å². The summed E-state index contributed by atoms with van der Waals surface area (Å²) >= 11 is 0. The molecule has 0 spiro atoms. The highest BCUT2D eigenvalue weighted by atomic mass is 16.5. The smallest absolute Gasteiger partial charge is 0.119 e. The summed E-state index contributed by atoms with van der Waals surface area (Å²) in [6.07, 6.45) is 0.897. The Kier molecular flexibility index (Phi) is 4.33. The van der Waals surface area contributed by atoms with E-state index in [1.165, 1.54) is 5.56 Å². The van der Waals surface area contributed by atoms with Crippen molar-refractivity contribution in [2.24, 2.45) is 0 Å². The molecule has 4 heteroatoms. The number of benzene rings is 2. The number of nitrogens with zero attached hydrogens (tertiary/aromatic N) is 3. The van der Waals surface area contributed by atoms with E-state index < -0.39 is 0 Å². The van der Waals surface area contributed by atoms with Crippen LogP contribution in [0.25, 0.3) is 11.0 Å². The molecule has 0 atom stereocenters. The molecule has 0 aliphatic rings. The zero-order chi connectivity index (χ0) is 16.3. The first-order valence-corrected chi connectivity index (χ1v) is 8.05. The number of hydrogen-bond acceptors (Lipinski definition) is 3. The van der Waals surface area contributed by atoms with Crippen LogP contribution in [-0.2, 0) is 12.0 Å². The van der Waals surface area contributed by atoms with E-state index in [0.717, 1.165) is 29.7 Å². The van der Waals surface area contributed by atoms with Gasteiger partial charge < -0.3 is 4.74 Å². The zero-order valence-electron chi connectivity index (χ0n) is 14.0. The van der Waals surface area contributed by atoms with Gasteiger partial charge in [-0.15, -0.1) is 5.10 Å². The first kappa shape index (κ1) is 15.5. The lowest BCUT2D eigenvalue weighted by atomic mass is 9.87. The Labute approximate surface area is 137 Å². The number of para-hydroxylation sites is 1. The number of rotatable bonds is 5. The first-order chi connectivity index (χ1) is 11.0. The van der Waals surface area contributed by atoms with Crippen molar-refractivity contribution in [3.8, 4) is 5.75 Å². The van der Waals surface area contributed by atoms with Gasteiger partial charge >= 0.3 is 0 Å². The number of fused-ring (bicyclic) bond motifs is 1. The van der Waals surface area contributed by atoms with E-state index in [0.29, 0.717) is 6.61 Å². The van der Waals surface area contributed by atoms with Gasteiger partial charge in [-0.1, -0.05) is 50.3 Å². The lowest BCUT2D eigenvalue weighted by Gasteiger charge is -2.19. The summed E-state index contributed by atoms with van der Waals surface area (Å²) in [5, 5.41) is 8.35. The van der Waals surface area contributed by atoms with Gasteiger partial charge in [0.1, 0.15) is 11.3 Å². The summed E-state index contributed by atoms with van der Waals surface area (Å²) in [5.41, 5.74) is 3.50. The van der Waals surface area contributed by atoms with Crippen molar-refractivity contribution >= 4 is 11.0 Å². The monoisotopic (exact) mass is 309 g/mol. The molecule has 4 nitrogen and oxygen atoms in total. The lowest BCUT2D eigenvalue weighted by molar-refractivity contribution is 0.299. The van der Waals surface area contributed by atoms with Crippen LogP contribution in [0.4, 0.5) is 0 Å². The summed E-state index contributed by atoms with van der Waals surface area (Å²) < 4.78 is 7.75. The van der Waals surface area contributed by atoms with Crippen LogP contribution < -0.4 is 4.74 Å². The third-order valence-corrected chi connectivity index (χ3v) is 3.92. The lowest BCUT2D eigenvalue weighted by Crippen LogP contribution is -2.10. The first-order valence-electron chi connectivity index (χ1n) is 8.05. The second kappa shape index (κ2) is 6.41. The van der Waals surface area contributed by atoms with Gasteiger partial charge in [0.2, 0.25) is 0 Å². The molecule has 0 unspecified atom stereocenters. The third-order valence-electron chi connectivity index (χ3n) is 3.92. The Morgan fingerprint density at radius 1 is 1.00 bits per heavy atom. The second-order valence-corrected chi connectivity index (χ2v) is 6.78. The molecule has 0 bridgehead atoms. The van der Waals surface area contributed by atoms with Gasteiger partial charge in [-0.3, -0.25) is 0 Å². The Morgan fingerprint density at radius 3 is 2.48 bits per heavy atom. The van der Waals surface area contributed by atoms with Crippen LogP contribution in [0.1, 0.15) is 32.8 Å². The van der Waals surface area contributed by atoms with Crippen molar-refractivity contribution < 1.29 is 4.74 Å². The highest BCUT2D eigenvalue weighted by molar-refractivity contribution is 5.73. The maximum atomic E-state index is 5.82. The minimum Gasteiger partial charge on any atom is -0.494 e. The molecule has 120 valence electrons. The van der Waals surface area contributed by atoms with Crippen molar-refractivity contribution in [2.45, 2.75) is 39.2 Å². The van der Waals surface area contributed by atoms with Crippen molar-refractivity contribution in [1.82, 2.24) is 15.0 Å². The van der Waals surface area contributed by atoms with Crippen LogP contribution in [0.15, 0.2) is 48.5 Å². The molecule has 0 fully saturated rings. The van der Waals surface area contributed by atoms with Gasteiger partial charge in [-0.25, -0.2) is 4.68 Å². The highest BCUT2D eigenvalue weighted by Gasteiger charge is 2.12. The highest BCUT2D eigenvalue weighted by Crippen LogP contribution is 2.24. The molecule has 0 saturated heterocycles. The SMILES string of the molecule is CC(C)(C)c1ccc(OCCCn2nnc3ccccc32)cc1. The maximum absolute atomic E-state index is 5.82. The predicted molar refractivity (Wildman–Crippen MR) is 92.8 cm³/mol. The average molecular weight is 309 g/mol. The molecule has 3 rings (SSSR count). The molecule has 1 heterocycles. The quantitative estimate of drug-likeness (QED) is 0.663. The van der Waals surface area contributed by atoms with E-state index >= 15 is 0 Å². The van der Waals surface area contributed by atoms with Crippen LogP contribution in [0.3, 0.4) is 0 Å². The van der Waals surface area contributed by atoms with E-state index in [-0.39, 0.29) is 5.41 Å². The number of aryl methyl sites for hydroxylation is 1. The fourth-order valence-corrected chi connectivity index (χ4v) is 2.54. The van der Waals surface area contributed by atoms with Crippen LogP contribution in [0.5, 0.6) is 5.75 Å². The third kappa shape index (κ3) is 3.70. The molecule has 0 N–H and O–H groups in total. The van der Waals surface area contributed by atoms with Crippen molar-refractivity contribution in [2.75, 3.05) is 6.61 Å². The van der Waals surface area contributed by atoms with Gasteiger partial charge in [0.05, 0.1) is 12.1 Å². The van der Waals surface area contributed by atoms with Gasteiger partial charge in [0, 0.05) is 13.0 Å². The Morgan fingerprint density at radius 2 is 1.74 bits per heavy atom. The minimum absolute atomic E-state index is 0.173. The molecule has 2 aromatic carbocycles. The van der Waals surface area contributed by atoms with Gasteiger partial charge in [-0.05, 0) is 35.2 Å². The molecule has 0 radical (unpaired) electrons. The van der Waals surface area contributed by atoms with Crippen LogP contribution in [-0.4, -0.2) is 21.6 Å². The standard InChI is InChI=1S/C19H23N3O/c1-19(2,3)15-9-11-16(12-10-15)23-14-6-13-22-18-8-5-4-7-17(18)20-21-22/h4-5,7-12H,6,13-14H2,1-3H3. The molecule has 23 heavy (non-hydrogen) atoms. The topological polar surface area (TPSA) is 39.9 Å². The Balaban J connectivity index is 1.52. The zero-order valence-corrected chi connectivity index (χ0v) is 14.0. The fourth-order valence-electron chi connectivity index (χ4n) is 2.54. The second-order valence-electron chi connectivity index (χ2n) is 6.78. The van der Waals surface area contributed by atoms with E-state index in [9.17, 15) is 0 Å². The normalized spacial score (nSPS) is 11.8. The Hall–Kier alpha value is -2.36. The molecule has 0 amide bonds. The summed E-state index contributed by atoms with van der Waals surface area (Å²) in [4.78, 5) is 0. The number of ether oxygens (including phenoxy) is 1. The number of hydrogen-bond donors (Lipinski definition) is 0. The van der Waals surface area contributed by atoms with Gasteiger partial charge in [-0.2, -0.15) is 0 Å². The predicted octanol–water partition coefficient (Wildman–Crippen LogP) is 4.20.